The molecule has 0 saturated heterocycles. The summed E-state index contributed by atoms with van der Waals surface area (Å²) in [5, 5.41) is 0. The maximum absolute atomic E-state index is 5.93. The number of nitrogens with zero attached hydrogens (tertiary/aromatic N) is 2. The van der Waals surface area contributed by atoms with Gasteiger partial charge in [-0.2, -0.15) is 0 Å². The van der Waals surface area contributed by atoms with Gasteiger partial charge >= 0.3 is 0 Å². The molecule has 1 aromatic heterocycles. The highest BCUT2D eigenvalue weighted by Crippen LogP contribution is 2.25. The Morgan fingerprint density at radius 3 is 1.75 bits per heavy atom. The third-order valence-electron chi connectivity index (χ3n) is 5.71. The third kappa shape index (κ3) is 8.41. The average Bonchev–Trinajstić information content (AvgIpc) is 3.24. The molecule has 0 radical (unpaired) electrons. The minimum atomic E-state index is 0.787. The maximum Gasteiger partial charge on any atom is 0.243 e. The van der Waals surface area contributed by atoms with E-state index in [2.05, 4.69) is 90.4 Å². The highest BCUT2D eigenvalue weighted by molar-refractivity contribution is 5.64. The van der Waals surface area contributed by atoms with Gasteiger partial charge in [-0.1, -0.05) is 56.9 Å². The smallest absolute Gasteiger partial charge is 0.243 e. The van der Waals surface area contributed by atoms with E-state index in [1.54, 1.807) is 0 Å². The van der Waals surface area contributed by atoms with Gasteiger partial charge in [-0.05, 0) is 61.1 Å². The van der Waals surface area contributed by atoms with Gasteiger partial charge in [0.2, 0.25) is 6.33 Å². The van der Waals surface area contributed by atoms with E-state index < -0.39 is 0 Å². The second kappa shape index (κ2) is 13.6. The second-order valence-corrected chi connectivity index (χ2v) is 8.54. The Bertz CT molecular complexity index is 885. The van der Waals surface area contributed by atoms with Crippen LogP contribution in [0.15, 0.2) is 67.3 Å². The van der Waals surface area contributed by atoms with Gasteiger partial charge in [-0.3, -0.25) is 0 Å². The fraction of sp³-hybridized carbons (Fsp3) is 0.464. The quantitative estimate of drug-likeness (QED) is 0.199. The lowest BCUT2D eigenvalue weighted by Crippen LogP contribution is -2.23. The molecule has 3 rings (SSSR count). The van der Waals surface area contributed by atoms with Crippen LogP contribution in [0.2, 0.25) is 0 Å². The molecule has 0 bridgehead atoms. The van der Waals surface area contributed by atoms with Gasteiger partial charge in [0.25, 0.3) is 0 Å². The van der Waals surface area contributed by atoms with E-state index in [4.69, 9.17) is 9.47 Å². The molecule has 0 N–H and O–H groups in total. The van der Waals surface area contributed by atoms with Crippen molar-refractivity contribution in [2.24, 2.45) is 7.05 Å². The normalized spacial score (nSPS) is 10.9. The number of hydrogen-bond acceptors (Lipinski definition) is 2. The topological polar surface area (TPSA) is 27.3 Å². The second-order valence-electron chi connectivity index (χ2n) is 8.54. The molecule has 0 unspecified atom stereocenters. The number of unbranched alkanes of at least 4 members (excludes halogenated alkanes) is 6. The standard InChI is InChI=1S/C28H39N2O2/c1-3-4-22-31-27-15-11-25(12-16-27)26-13-17-28(18-14-26)32-23-10-8-6-5-7-9-19-30-21-20-29(2)24-30/h11-18,20-21,24H,3-10,19,22-23H2,1-2H3/q+1. The minimum Gasteiger partial charge on any atom is -0.494 e. The molecule has 0 aliphatic heterocycles. The highest BCUT2D eigenvalue weighted by Gasteiger charge is 2.02. The molecule has 0 aliphatic carbocycles. The molecule has 0 aliphatic rings. The predicted octanol–water partition coefficient (Wildman–Crippen LogP) is 6.58. The first-order chi connectivity index (χ1) is 15.7. The summed E-state index contributed by atoms with van der Waals surface area (Å²) in [6, 6.07) is 16.8. The maximum atomic E-state index is 5.93. The lowest BCUT2D eigenvalue weighted by Gasteiger charge is -2.09. The summed E-state index contributed by atoms with van der Waals surface area (Å²) in [6.07, 6.45) is 16.1. The van der Waals surface area contributed by atoms with E-state index in [9.17, 15) is 0 Å². The van der Waals surface area contributed by atoms with Crippen LogP contribution in [0.4, 0.5) is 0 Å². The Balaban J connectivity index is 1.26. The van der Waals surface area contributed by atoms with Crippen LogP contribution in [0.3, 0.4) is 0 Å². The number of aromatic nitrogens is 2. The van der Waals surface area contributed by atoms with E-state index >= 15 is 0 Å². The minimum absolute atomic E-state index is 0.787. The summed E-state index contributed by atoms with van der Waals surface area (Å²) in [7, 11) is 2.07. The van der Waals surface area contributed by atoms with Crippen LogP contribution in [0.5, 0.6) is 11.5 Å². The van der Waals surface area contributed by atoms with Gasteiger partial charge in [-0.15, -0.1) is 0 Å². The number of hydrogen-bond donors (Lipinski definition) is 0. The molecule has 0 amide bonds. The zero-order chi connectivity index (χ0) is 22.4. The summed E-state index contributed by atoms with van der Waals surface area (Å²) in [5.74, 6) is 1.89. The number of imidazole rings is 1. The van der Waals surface area contributed by atoms with Crippen molar-refractivity contribution in [1.82, 2.24) is 4.57 Å². The first-order valence-electron chi connectivity index (χ1n) is 12.2. The summed E-state index contributed by atoms with van der Waals surface area (Å²) in [6.45, 7) is 4.88. The predicted molar refractivity (Wildman–Crippen MR) is 131 cm³/mol. The highest BCUT2D eigenvalue weighted by atomic mass is 16.5. The van der Waals surface area contributed by atoms with E-state index in [-0.39, 0.29) is 0 Å². The Kier molecular flexibility index (Phi) is 10.2. The number of aryl methyl sites for hydroxylation is 2. The van der Waals surface area contributed by atoms with Crippen molar-refractivity contribution in [2.45, 2.75) is 64.8 Å². The van der Waals surface area contributed by atoms with Crippen molar-refractivity contribution in [2.75, 3.05) is 13.2 Å². The summed E-state index contributed by atoms with van der Waals surface area (Å²) < 4.78 is 16.0. The Morgan fingerprint density at radius 2 is 1.22 bits per heavy atom. The molecule has 172 valence electrons. The van der Waals surface area contributed by atoms with Crippen molar-refractivity contribution >= 4 is 0 Å². The average molecular weight is 436 g/mol. The number of ether oxygens (including phenoxy) is 2. The van der Waals surface area contributed by atoms with Crippen molar-refractivity contribution < 1.29 is 14.0 Å². The van der Waals surface area contributed by atoms with Gasteiger partial charge < -0.3 is 9.47 Å². The van der Waals surface area contributed by atoms with Crippen LogP contribution in [0.1, 0.15) is 58.3 Å². The summed E-state index contributed by atoms with van der Waals surface area (Å²) >= 11 is 0. The van der Waals surface area contributed by atoms with Gasteiger partial charge in [0.1, 0.15) is 23.9 Å². The molecule has 0 spiro atoms. The zero-order valence-electron chi connectivity index (χ0n) is 19.8. The van der Waals surface area contributed by atoms with E-state index in [1.807, 2.05) is 0 Å². The molecule has 3 aromatic rings. The van der Waals surface area contributed by atoms with Gasteiger partial charge in [0, 0.05) is 0 Å². The number of rotatable bonds is 15. The van der Waals surface area contributed by atoms with Crippen molar-refractivity contribution in [3.05, 3.63) is 67.3 Å². The van der Waals surface area contributed by atoms with Crippen LogP contribution in [0, 0.1) is 0 Å². The lowest BCUT2D eigenvalue weighted by atomic mass is 10.1. The lowest BCUT2D eigenvalue weighted by molar-refractivity contribution is -0.671. The van der Waals surface area contributed by atoms with Crippen LogP contribution < -0.4 is 14.0 Å². The third-order valence-corrected chi connectivity index (χ3v) is 5.71. The van der Waals surface area contributed by atoms with Crippen molar-refractivity contribution in [1.29, 1.82) is 0 Å². The molecule has 0 fully saturated rings. The first-order valence-corrected chi connectivity index (χ1v) is 12.2. The van der Waals surface area contributed by atoms with E-state index in [0.29, 0.717) is 0 Å². The molecule has 32 heavy (non-hydrogen) atoms. The monoisotopic (exact) mass is 435 g/mol. The Hall–Kier alpha value is -2.75. The molecule has 1 heterocycles. The van der Waals surface area contributed by atoms with E-state index in [1.165, 1.54) is 43.2 Å². The van der Waals surface area contributed by atoms with Crippen molar-refractivity contribution in [3.8, 4) is 22.6 Å². The van der Waals surface area contributed by atoms with Gasteiger partial charge in [0.05, 0.1) is 26.8 Å². The summed E-state index contributed by atoms with van der Waals surface area (Å²) in [4.78, 5) is 0. The fourth-order valence-electron chi connectivity index (χ4n) is 3.75. The molecule has 0 saturated carbocycles. The Labute approximate surface area is 193 Å². The van der Waals surface area contributed by atoms with Crippen molar-refractivity contribution in [3.63, 3.8) is 0 Å². The SMILES string of the molecule is CCCCOc1ccc(-c2ccc(OCCCCCCCCn3cc[n+](C)c3)cc2)cc1. The van der Waals surface area contributed by atoms with Gasteiger partial charge in [0.15, 0.2) is 0 Å². The zero-order valence-corrected chi connectivity index (χ0v) is 19.8. The number of benzene rings is 2. The Morgan fingerprint density at radius 1 is 0.688 bits per heavy atom. The molecular formula is C28H39N2O2+. The molecular weight excluding hydrogens is 396 g/mol. The molecule has 4 heteroatoms. The van der Waals surface area contributed by atoms with Crippen LogP contribution in [0.25, 0.3) is 11.1 Å². The fourth-order valence-corrected chi connectivity index (χ4v) is 3.75. The molecule has 4 nitrogen and oxygen atoms in total. The van der Waals surface area contributed by atoms with E-state index in [0.717, 1.165) is 50.5 Å². The first kappa shape index (κ1) is 23.9. The van der Waals surface area contributed by atoms with Gasteiger partial charge in [-0.25, -0.2) is 9.13 Å². The van der Waals surface area contributed by atoms with Crippen LogP contribution >= 0.6 is 0 Å². The summed E-state index contributed by atoms with van der Waals surface area (Å²) in [5.41, 5.74) is 2.40. The van der Waals surface area contributed by atoms with Crippen LogP contribution in [-0.2, 0) is 13.6 Å². The largest absolute Gasteiger partial charge is 0.494 e. The molecule has 2 aromatic carbocycles. The molecule has 0 atom stereocenters. The van der Waals surface area contributed by atoms with Crippen LogP contribution in [-0.4, -0.2) is 17.8 Å².